The first-order chi connectivity index (χ1) is 14.8. The van der Waals surface area contributed by atoms with E-state index in [4.69, 9.17) is 4.74 Å². The summed E-state index contributed by atoms with van der Waals surface area (Å²) in [5.74, 6) is 1.14. The van der Waals surface area contributed by atoms with Crippen LogP contribution in [0.2, 0.25) is 0 Å². The van der Waals surface area contributed by atoms with Crippen LogP contribution in [0.1, 0.15) is 55.2 Å². The molecule has 0 spiro atoms. The molecule has 2 aliphatic heterocycles. The predicted octanol–water partition coefficient (Wildman–Crippen LogP) is 3.01. The smallest absolute Gasteiger partial charge is 0.256 e. The molecule has 2 aliphatic rings. The lowest BCUT2D eigenvalue weighted by Gasteiger charge is -2.42. The lowest BCUT2D eigenvalue weighted by Crippen LogP contribution is -2.50. The summed E-state index contributed by atoms with van der Waals surface area (Å²) in [4.78, 5) is 37.8. The zero-order chi connectivity index (χ0) is 22.2. The van der Waals surface area contributed by atoms with Crippen LogP contribution in [-0.2, 0) is 0 Å². The molecular weight excluding hydrogens is 394 g/mol. The number of likely N-dealkylation sites (tertiary alicyclic amines) is 1. The number of nitrogens with zero attached hydrogens (tertiary/aromatic N) is 5. The first kappa shape index (κ1) is 21.1. The van der Waals surface area contributed by atoms with E-state index >= 15 is 0 Å². The summed E-state index contributed by atoms with van der Waals surface area (Å²) in [5.41, 5.74) is 1.82. The van der Waals surface area contributed by atoms with E-state index in [2.05, 4.69) is 23.8 Å². The maximum absolute atomic E-state index is 13.2. The number of fused-ring (bicyclic) bond motifs is 1. The zero-order valence-corrected chi connectivity index (χ0v) is 18.6. The van der Waals surface area contributed by atoms with Crippen LogP contribution in [0.4, 0.5) is 11.5 Å². The van der Waals surface area contributed by atoms with Gasteiger partial charge in [-0.25, -0.2) is 4.98 Å². The molecule has 1 saturated heterocycles. The topological polar surface area (TPSA) is 80.0 Å². The molecule has 1 fully saturated rings. The van der Waals surface area contributed by atoms with Crippen molar-refractivity contribution in [2.75, 3.05) is 31.6 Å². The first-order valence-corrected chi connectivity index (χ1v) is 10.7. The second kappa shape index (κ2) is 8.17. The number of hydrogen-bond donors (Lipinski definition) is 0. The first-order valence-electron chi connectivity index (χ1n) is 10.7. The highest BCUT2D eigenvalue weighted by atomic mass is 16.5. The van der Waals surface area contributed by atoms with Gasteiger partial charge in [-0.1, -0.05) is 0 Å². The van der Waals surface area contributed by atoms with Crippen molar-refractivity contribution >= 4 is 23.3 Å². The second-order valence-electron chi connectivity index (χ2n) is 8.63. The van der Waals surface area contributed by atoms with E-state index in [0.29, 0.717) is 35.8 Å². The molecule has 164 valence electrons. The van der Waals surface area contributed by atoms with Gasteiger partial charge in [-0.3, -0.25) is 19.1 Å². The molecule has 0 saturated carbocycles. The Morgan fingerprint density at radius 2 is 2.00 bits per heavy atom. The average molecular weight is 424 g/mol. The number of carbonyl (C=O) groups excluding carboxylic acids is 2. The van der Waals surface area contributed by atoms with Crippen LogP contribution in [0, 0.1) is 0 Å². The van der Waals surface area contributed by atoms with Gasteiger partial charge in [0.1, 0.15) is 12.1 Å². The minimum absolute atomic E-state index is 0.00463. The van der Waals surface area contributed by atoms with Crippen LogP contribution in [0.3, 0.4) is 0 Å². The number of carbonyl (C=O) groups is 2. The number of amides is 1. The second-order valence-corrected chi connectivity index (χ2v) is 8.63. The maximum Gasteiger partial charge on any atom is 0.256 e. The van der Waals surface area contributed by atoms with E-state index < -0.39 is 0 Å². The lowest BCUT2D eigenvalue weighted by atomic mass is 9.90. The molecule has 2 aromatic heterocycles. The SMILES string of the molecule is CN=c1cc(N2CCOc3cc(C(=O)N4CCCCC4(C)C)cnc32)ccn1C(C)=O. The van der Waals surface area contributed by atoms with Gasteiger partial charge >= 0.3 is 0 Å². The third-order valence-corrected chi connectivity index (χ3v) is 6.10. The quantitative estimate of drug-likeness (QED) is 0.742. The molecule has 4 rings (SSSR count). The van der Waals surface area contributed by atoms with E-state index in [1.54, 1.807) is 25.5 Å². The van der Waals surface area contributed by atoms with Gasteiger partial charge < -0.3 is 14.5 Å². The highest BCUT2D eigenvalue weighted by Gasteiger charge is 2.34. The Labute approximate surface area is 182 Å². The molecule has 8 nitrogen and oxygen atoms in total. The van der Waals surface area contributed by atoms with Crippen LogP contribution >= 0.6 is 0 Å². The summed E-state index contributed by atoms with van der Waals surface area (Å²) >= 11 is 0. The molecule has 8 heteroatoms. The normalized spacial score (nSPS) is 18.4. The predicted molar refractivity (Wildman–Crippen MR) is 118 cm³/mol. The highest BCUT2D eigenvalue weighted by molar-refractivity contribution is 5.95. The van der Waals surface area contributed by atoms with Crippen molar-refractivity contribution in [2.24, 2.45) is 4.99 Å². The molecule has 0 unspecified atom stereocenters. The third-order valence-electron chi connectivity index (χ3n) is 6.10. The number of rotatable bonds is 2. The standard InChI is InChI=1S/C23H29N5O3/c1-16(29)26-10-7-18(14-20(26)24-4)27-11-12-31-19-13-17(15-25-21(19)27)22(30)28-9-6-5-8-23(28,2)3/h7,10,13-15H,5-6,8-9,11-12H2,1-4H3. The summed E-state index contributed by atoms with van der Waals surface area (Å²) in [7, 11) is 1.66. The van der Waals surface area contributed by atoms with Crippen molar-refractivity contribution in [3.05, 3.63) is 41.6 Å². The minimum atomic E-state index is -0.158. The molecule has 4 heterocycles. The number of piperidine rings is 1. The van der Waals surface area contributed by atoms with Crippen LogP contribution < -0.4 is 15.1 Å². The maximum atomic E-state index is 13.2. The monoisotopic (exact) mass is 423 g/mol. The number of anilines is 2. The number of pyridine rings is 2. The van der Waals surface area contributed by atoms with Crippen LogP contribution in [0.5, 0.6) is 5.75 Å². The summed E-state index contributed by atoms with van der Waals surface area (Å²) in [6.07, 6.45) is 6.52. The molecule has 0 aromatic carbocycles. The molecule has 0 atom stereocenters. The van der Waals surface area contributed by atoms with Gasteiger partial charge in [-0.05, 0) is 45.2 Å². The van der Waals surface area contributed by atoms with Gasteiger partial charge in [-0.15, -0.1) is 0 Å². The number of aromatic nitrogens is 2. The molecule has 0 radical (unpaired) electrons. The van der Waals surface area contributed by atoms with E-state index in [-0.39, 0.29) is 17.4 Å². The van der Waals surface area contributed by atoms with Crippen LogP contribution in [-0.4, -0.2) is 58.5 Å². The van der Waals surface area contributed by atoms with Gasteiger partial charge in [0, 0.05) is 50.2 Å². The molecule has 0 N–H and O–H groups in total. The fourth-order valence-electron chi connectivity index (χ4n) is 4.35. The van der Waals surface area contributed by atoms with Crippen molar-refractivity contribution < 1.29 is 14.3 Å². The summed E-state index contributed by atoms with van der Waals surface area (Å²) in [5, 5.41) is 0. The van der Waals surface area contributed by atoms with Crippen molar-refractivity contribution in [3.63, 3.8) is 0 Å². The van der Waals surface area contributed by atoms with Crippen molar-refractivity contribution in [2.45, 2.75) is 45.6 Å². The molecule has 2 aromatic rings. The van der Waals surface area contributed by atoms with Gasteiger partial charge in [-0.2, -0.15) is 0 Å². The van der Waals surface area contributed by atoms with Gasteiger partial charge in [0.15, 0.2) is 11.6 Å². The van der Waals surface area contributed by atoms with Crippen molar-refractivity contribution in [3.8, 4) is 5.75 Å². The molecule has 1 amide bonds. The lowest BCUT2D eigenvalue weighted by molar-refractivity contribution is 0.0432. The van der Waals surface area contributed by atoms with Crippen LogP contribution in [0.15, 0.2) is 35.6 Å². The zero-order valence-electron chi connectivity index (χ0n) is 18.6. The highest BCUT2D eigenvalue weighted by Crippen LogP contribution is 2.36. The Hall–Kier alpha value is -3.16. The summed E-state index contributed by atoms with van der Waals surface area (Å²) in [6.45, 7) is 7.59. The number of hydrogen-bond acceptors (Lipinski definition) is 6. The van der Waals surface area contributed by atoms with Gasteiger partial charge in [0.25, 0.3) is 5.91 Å². The summed E-state index contributed by atoms with van der Waals surface area (Å²) < 4.78 is 7.37. The Morgan fingerprint density at radius 1 is 1.19 bits per heavy atom. The fourth-order valence-corrected chi connectivity index (χ4v) is 4.35. The van der Waals surface area contributed by atoms with Crippen molar-refractivity contribution in [1.29, 1.82) is 0 Å². The fraction of sp³-hybridized carbons (Fsp3) is 0.478. The van der Waals surface area contributed by atoms with Crippen LogP contribution in [0.25, 0.3) is 0 Å². The van der Waals surface area contributed by atoms with E-state index in [1.165, 1.54) is 11.5 Å². The van der Waals surface area contributed by atoms with Gasteiger partial charge in [0.05, 0.1) is 12.1 Å². The molecule has 31 heavy (non-hydrogen) atoms. The molecule has 0 bridgehead atoms. The number of ether oxygens (including phenoxy) is 1. The Morgan fingerprint density at radius 3 is 2.71 bits per heavy atom. The molecule has 0 aliphatic carbocycles. The Bertz CT molecular complexity index is 1090. The van der Waals surface area contributed by atoms with Crippen molar-refractivity contribution in [1.82, 2.24) is 14.5 Å². The minimum Gasteiger partial charge on any atom is -0.488 e. The third kappa shape index (κ3) is 3.94. The van der Waals surface area contributed by atoms with Gasteiger partial charge in [0.2, 0.25) is 5.91 Å². The summed E-state index contributed by atoms with van der Waals surface area (Å²) in [6, 6.07) is 5.51. The van der Waals surface area contributed by atoms with E-state index in [1.807, 2.05) is 21.9 Å². The largest absolute Gasteiger partial charge is 0.488 e. The Kier molecular flexibility index (Phi) is 5.56. The average Bonchev–Trinajstić information content (AvgIpc) is 2.77. The molecular formula is C23H29N5O3. The van der Waals surface area contributed by atoms with E-state index in [9.17, 15) is 9.59 Å². The Balaban J connectivity index is 1.67. The van der Waals surface area contributed by atoms with E-state index in [0.717, 1.165) is 31.5 Å².